The highest BCUT2D eigenvalue weighted by Crippen LogP contribution is 2.35. The van der Waals surface area contributed by atoms with Crippen molar-refractivity contribution in [2.24, 2.45) is 0 Å². The van der Waals surface area contributed by atoms with Crippen molar-refractivity contribution in [3.63, 3.8) is 0 Å². The molecule has 128 valence electrons. The number of amides is 1. The number of piperazine rings is 1. The summed E-state index contributed by atoms with van der Waals surface area (Å²) in [5.74, 6) is 0. The Morgan fingerprint density at radius 1 is 1.39 bits per heavy atom. The average Bonchev–Trinajstić information content (AvgIpc) is 2.44. The fourth-order valence-electron chi connectivity index (χ4n) is 2.44. The van der Waals surface area contributed by atoms with Crippen molar-refractivity contribution >= 4 is 6.09 Å². The molecule has 0 aromatic carbocycles. The molecule has 0 aliphatic carbocycles. The fourth-order valence-corrected chi connectivity index (χ4v) is 2.44. The van der Waals surface area contributed by atoms with Crippen LogP contribution < -0.4 is 5.32 Å². The fraction of sp³-hybridized carbons (Fsp3) is 0.600. The van der Waals surface area contributed by atoms with Crippen LogP contribution in [0.15, 0.2) is 18.3 Å². The molecule has 2 rings (SSSR count). The van der Waals surface area contributed by atoms with Gasteiger partial charge >= 0.3 is 12.3 Å². The van der Waals surface area contributed by atoms with Crippen molar-refractivity contribution in [2.45, 2.75) is 38.6 Å². The first kappa shape index (κ1) is 17.5. The van der Waals surface area contributed by atoms with Gasteiger partial charge in [-0.2, -0.15) is 13.2 Å². The van der Waals surface area contributed by atoms with Crippen molar-refractivity contribution < 1.29 is 22.7 Å². The molecule has 0 bridgehead atoms. The van der Waals surface area contributed by atoms with E-state index < -0.39 is 29.6 Å². The monoisotopic (exact) mass is 331 g/mol. The second-order valence-corrected chi connectivity index (χ2v) is 6.33. The Kier molecular flexibility index (Phi) is 4.84. The van der Waals surface area contributed by atoms with E-state index >= 15 is 0 Å². The minimum Gasteiger partial charge on any atom is -0.444 e. The number of halogens is 3. The molecule has 1 unspecified atom stereocenters. The van der Waals surface area contributed by atoms with Crippen molar-refractivity contribution in [3.05, 3.63) is 29.6 Å². The molecule has 1 aromatic heterocycles. The molecule has 1 atom stereocenters. The highest BCUT2D eigenvalue weighted by molar-refractivity contribution is 5.69. The molecule has 0 spiro atoms. The lowest BCUT2D eigenvalue weighted by Crippen LogP contribution is -2.50. The van der Waals surface area contributed by atoms with Crippen LogP contribution in [0.4, 0.5) is 18.0 Å². The van der Waals surface area contributed by atoms with Gasteiger partial charge in [0.15, 0.2) is 0 Å². The van der Waals surface area contributed by atoms with Gasteiger partial charge in [0.1, 0.15) is 11.3 Å². The third-order valence-electron chi connectivity index (χ3n) is 3.34. The SMILES string of the molecule is CC(C)(C)OC(=O)N1CCNCC1c1cccnc1C(F)(F)F. The lowest BCUT2D eigenvalue weighted by Gasteiger charge is -2.37. The van der Waals surface area contributed by atoms with Crippen LogP contribution >= 0.6 is 0 Å². The number of carbonyl (C=O) groups excluding carboxylic acids is 1. The van der Waals surface area contributed by atoms with Gasteiger partial charge in [-0.1, -0.05) is 6.07 Å². The first-order valence-corrected chi connectivity index (χ1v) is 7.32. The van der Waals surface area contributed by atoms with E-state index in [9.17, 15) is 18.0 Å². The van der Waals surface area contributed by atoms with E-state index in [1.54, 1.807) is 20.8 Å². The minimum absolute atomic E-state index is 0.0296. The summed E-state index contributed by atoms with van der Waals surface area (Å²) in [6, 6.07) is 2.01. The van der Waals surface area contributed by atoms with Gasteiger partial charge in [0.05, 0.1) is 6.04 Å². The summed E-state index contributed by atoms with van der Waals surface area (Å²) in [5, 5.41) is 3.02. The first-order valence-electron chi connectivity index (χ1n) is 7.32. The molecule has 23 heavy (non-hydrogen) atoms. The van der Waals surface area contributed by atoms with Gasteiger partial charge in [0.2, 0.25) is 0 Å². The molecule has 1 amide bonds. The maximum absolute atomic E-state index is 13.2. The van der Waals surface area contributed by atoms with E-state index in [1.165, 1.54) is 17.0 Å². The molecule has 0 saturated carbocycles. The predicted octanol–water partition coefficient (Wildman–Crippen LogP) is 2.98. The van der Waals surface area contributed by atoms with Crippen LogP contribution in [0.5, 0.6) is 0 Å². The number of hydrogen-bond acceptors (Lipinski definition) is 4. The molecule has 8 heteroatoms. The van der Waals surface area contributed by atoms with Crippen LogP contribution in [-0.2, 0) is 10.9 Å². The number of hydrogen-bond donors (Lipinski definition) is 1. The van der Waals surface area contributed by atoms with Crippen LogP contribution in [0.1, 0.15) is 38.1 Å². The third-order valence-corrected chi connectivity index (χ3v) is 3.34. The predicted molar refractivity (Wildman–Crippen MR) is 77.8 cm³/mol. The molecule has 1 aromatic rings. The zero-order valence-electron chi connectivity index (χ0n) is 13.3. The summed E-state index contributed by atoms with van der Waals surface area (Å²) in [6.07, 6.45) is -4.10. The number of pyridine rings is 1. The van der Waals surface area contributed by atoms with Gasteiger partial charge in [-0.3, -0.25) is 9.88 Å². The third kappa shape index (κ3) is 4.34. The molecule has 1 aliphatic heterocycles. The summed E-state index contributed by atoms with van der Waals surface area (Å²) in [4.78, 5) is 17.1. The zero-order valence-corrected chi connectivity index (χ0v) is 13.3. The second-order valence-electron chi connectivity index (χ2n) is 6.33. The number of ether oxygens (including phenoxy) is 1. The average molecular weight is 331 g/mol. The first-order chi connectivity index (χ1) is 10.6. The van der Waals surface area contributed by atoms with Crippen molar-refractivity contribution in [1.29, 1.82) is 0 Å². The summed E-state index contributed by atoms with van der Waals surface area (Å²) in [6.45, 7) is 6.13. The van der Waals surface area contributed by atoms with Crippen LogP contribution in [0.2, 0.25) is 0 Å². The van der Waals surface area contributed by atoms with Crippen molar-refractivity contribution in [3.8, 4) is 0 Å². The molecular formula is C15H20F3N3O2. The summed E-state index contributed by atoms with van der Waals surface area (Å²) in [7, 11) is 0. The number of carbonyl (C=O) groups is 1. The standard InChI is InChI=1S/C15H20F3N3O2/c1-14(2,3)23-13(22)21-8-7-19-9-11(21)10-5-4-6-20-12(10)15(16,17)18/h4-6,11,19H,7-9H2,1-3H3. The van der Waals surface area contributed by atoms with E-state index in [1.807, 2.05) is 0 Å². The summed E-state index contributed by atoms with van der Waals surface area (Å²) in [5.41, 5.74) is -1.71. The van der Waals surface area contributed by atoms with E-state index in [-0.39, 0.29) is 18.7 Å². The van der Waals surface area contributed by atoms with Crippen molar-refractivity contribution in [1.82, 2.24) is 15.2 Å². The Hall–Kier alpha value is -1.83. The van der Waals surface area contributed by atoms with Gasteiger partial charge in [0.25, 0.3) is 0 Å². The van der Waals surface area contributed by atoms with Gasteiger partial charge in [0, 0.05) is 31.4 Å². The summed E-state index contributed by atoms with van der Waals surface area (Å²) >= 11 is 0. The largest absolute Gasteiger partial charge is 0.444 e. The molecule has 5 nitrogen and oxygen atoms in total. The molecular weight excluding hydrogens is 311 g/mol. The Bertz CT molecular complexity index is 570. The smallest absolute Gasteiger partial charge is 0.433 e. The Morgan fingerprint density at radius 3 is 2.70 bits per heavy atom. The number of alkyl halides is 3. The van der Waals surface area contributed by atoms with Gasteiger partial charge in [-0.05, 0) is 26.8 Å². The normalized spacial score (nSPS) is 19.6. The highest BCUT2D eigenvalue weighted by Gasteiger charge is 2.40. The Balaban J connectivity index is 2.34. The maximum Gasteiger partial charge on any atom is 0.433 e. The maximum atomic E-state index is 13.2. The van der Waals surface area contributed by atoms with E-state index in [0.29, 0.717) is 6.54 Å². The lowest BCUT2D eigenvalue weighted by molar-refractivity contribution is -0.142. The molecule has 0 radical (unpaired) electrons. The van der Waals surface area contributed by atoms with Crippen LogP contribution in [0, 0.1) is 0 Å². The number of nitrogens with zero attached hydrogens (tertiary/aromatic N) is 2. The van der Waals surface area contributed by atoms with Crippen LogP contribution in [0.25, 0.3) is 0 Å². The van der Waals surface area contributed by atoms with Gasteiger partial charge in [-0.25, -0.2) is 4.79 Å². The quantitative estimate of drug-likeness (QED) is 0.859. The van der Waals surface area contributed by atoms with Crippen molar-refractivity contribution in [2.75, 3.05) is 19.6 Å². The minimum atomic E-state index is -4.58. The molecule has 1 saturated heterocycles. The lowest BCUT2D eigenvalue weighted by atomic mass is 10.0. The molecule has 1 aliphatic rings. The second kappa shape index (κ2) is 6.35. The highest BCUT2D eigenvalue weighted by atomic mass is 19.4. The summed E-state index contributed by atoms with van der Waals surface area (Å²) < 4.78 is 44.9. The van der Waals surface area contributed by atoms with Crippen LogP contribution in [-0.4, -0.2) is 41.2 Å². The number of nitrogens with one attached hydrogen (secondary N) is 1. The zero-order chi connectivity index (χ0) is 17.3. The Labute approximate surface area is 132 Å². The molecule has 1 N–H and O–H groups in total. The topological polar surface area (TPSA) is 54.5 Å². The molecule has 2 heterocycles. The Morgan fingerprint density at radius 2 is 2.09 bits per heavy atom. The van der Waals surface area contributed by atoms with E-state index in [4.69, 9.17) is 4.74 Å². The number of aromatic nitrogens is 1. The van der Waals surface area contributed by atoms with E-state index in [2.05, 4.69) is 10.3 Å². The molecule has 1 fully saturated rings. The van der Waals surface area contributed by atoms with E-state index in [0.717, 1.165) is 6.20 Å². The van der Waals surface area contributed by atoms with Crippen LogP contribution in [0.3, 0.4) is 0 Å². The van der Waals surface area contributed by atoms with Gasteiger partial charge in [-0.15, -0.1) is 0 Å². The number of rotatable bonds is 1. The van der Waals surface area contributed by atoms with Gasteiger partial charge < -0.3 is 10.1 Å².